The van der Waals surface area contributed by atoms with Crippen LogP contribution >= 0.6 is 11.3 Å². The van der Waals surface area contributed by atoms with E-state index >= 15 is 0 Å². The van der Waals surface area contributed by atoms with Crippen molar-refractivity contribution < 1.29 is 14.3 Å². The van der Waals surface area contributed by atoms with Crippen LogP contribution in [-0.4, -0.2) is 39.3 Å². The minimum atomic E-state index is -0.398. The number of rotatable bonds is 6. The van der Waals surface area contributed by atoms with Crippen molar-refractivity contribution in [1.29, 1.82) is 0 Å². The Kier molecular flexibility index (Phi) is 5.19. The molecule has 4 rings (SSSR count). The van der Waals surface area contributed by atoms with Crippen molar-refractivity contribution in [2.45, 2.75) is 39.7 Å². The summed E-state index contributed by atoms with van der Waals surface area (Å²) in [5.74, 6) is -0.540. The molecule has 7 nitrogen and oxygen atoms in total. The van der Waals surface area contributed by atoms with Crippen LogP contribution in [-0.2, 0) is 4.74 Å². The number of anilines is 1. The Bertz CT molecular complexity index is 1050. The lowest BCUT2D eigenvalue weighted by Gasteiger charge is -2.19. The smallest absolute Gasteiger partial charge is 0.350 e. The summed E-state index contributed by atoms with van der Waals surface area (Å²) in [4.78, 5) is 32.3. The van der Waals surface area contributed by atoms with E-state index in [1.165, 1.54) is 11.3 Å². The number of carbonyl (C=O) groups is 2. The van der Waals surface area contributed by atoms with Crippen LogP contribution in [0.5, 0.6) is 0 Å². The van der Waals surface area contributed by atoms with E-state index in [0.717, 1.165) is 24.2 Å². The monoisotopic (exact) mass is 410 g/mol. The summed E-state index contributed by atoms with van der Waals surface area (Å²) in [6.07, 6.45) is 3.45. The van der Waals surface area contributed by atoms with Crippen molar-refractivity contribution in [3.8, 4) is 5.69 Å². The number of amides is 1. The van der Waals surface area contributed by atoms with Gasteiger partial charge in [-0.1, -0.05) is 29.5 Å². The Morgan fingerprint density at radius 3 is 2.62 bits per heavy atom. The summed E-state index contributed by atoms with van der Waals surface area (Å²) in [7, 11) is 0. The van der Waals surface area contributed by atoms with Crippen molar-refractivity contribution in [3.63, 3.8) is 0 Å². The molecule has 1 amide bonds. The Labute approximate surface area is 172 Å². The number of aromatic nitrogens is 3. The van der Waals surface area contributed by atoms with E-state index < -0.39 is 5.97 Å². The van der Waals surface area contributed by atoms with Crippen LogP contribution in [0.25, 0.3) is 5.69 Å². The first kappa shape index (κ1) is 19.3. The van der Waals surface area contributed by atoms with Crippen molar-refractivity contribution >= 4 is 28.3 Å². The molecule has 1 fully saturated rings. The van der Waals surface area contributed by atoms with Crippen LogP contribution in [0.4, 0.5) is 5.13 Å². The summed E-state index contributed by atoms with van der Waals surface area (Å²) in [6.45, 7) is 5.72. The highest BCUT2D eigenvalue weighted by Crippen LogP contribution is 2.37. The van der Waals surface area contributed by atoms with Gasteiger partial charge in [-0.05, 0) is 45.7 Å². The molecule has 2 heterocycles. The minimum Gasteiger partial charge on any atom is -0.462 e. The molecule has 0 saturated heterocycles. The summed E-state index contributed by atoms with van der Waals surface area (Å²) in [5, 5.41) is 4.95. The maximum Gasteiger partial charge on any atom is 0.350 e. The fourth-order valence-electron chi connectivity index (χ4n) is 3.19. The molecule has 0 unspecified atom stereocenters. The zero-order valence-corrected chi connectivity index (χ0v) is 17.4. The van der Waals surface area contributed by atoms with Crippen LogP contribution in [0, 0.1) is 13.8 Å². The molecule has 0 bridgehead atoms. The average molecular weight is 410 g/mol. The molecule has 1 aromatic carbocycles. The topological polar surface area (TPSA) is 77.3 Å². The third kappa shape index (κ3) is 3.67. The summed E-state index contributed by atoms with van der Waals surface area (Å²) in [5.41, 5.74) is 2.78. The first-order chi connectivity index (χ1) is 14.0. The van der Waals surface area contributed by atoms with Gasteiger partial charge in [-0.25, -0.2) is 14.5 Å². The molecule has 0 spiro atoms. The quantitative estimate of drug-likeness (QED) is 0.576. The zero-order valence-electron chi connectivity index (χ0n) is 16.6. The van der Waals surface area contributed by atoms with Crippen molar-refractivity contribution in [2.24, 2.45) is 0 Å². The van der Waals surface area contributed by atoms with Crippen LogP contribution in [0.2, 0.25) is 0 Å². The van der Waals surface area contributed by atoms with Gasteiger partial charge in [-0.15, -0.1) is 0 Å². The highest BCUT2D eigenvalue weighted by atomic mass is 32.1. The van der Waals surface area contributed by atoms with Gasteiger partial charge in [0.15, 0.2) is 5.13 Å². The second-order valence-corrected chi connectivity index (χ2v) is 7.91. The van der Waals surface area contributed by atoms with Crippen molar-refractivity contribution in [3.05, 3.63) is 58.4 Å². The fourth-order valence-corrected chi connectivity index (χ4v) is 4.22. The Balaban J connectivity index is 1.67. The Morgan fingerprint density at radius 1 is 1.24 bits per heavy atom. The predicted octanol–water partition coefficient (Wildman–Crippen LogP) is 3.93. The van der Waals surface area contributed by atoms with Gasteiger partial charge in [0.05, 0.1) is 35.4 Å². The van der Waals surface area contributed by atoms with Crippen molar-refractivity contribution in [1.82, 2.24) is 14.8 Å². The van der Waals surface area contributed by atoms with Crippen molar-refractivity contribution in [2.75, 3.05) is 11.5 Å². The summed E-state index contributed by atoms with van der Waals surface area (Å²) >= 11 is 1.21. The molecule has 29 heavy (non-hydrogen) atoms. The standard InChI is InChI=1S/C21H22N4O3S/c1-4-28-20(27)18-13(2)23-21(29-18)24(15-10-11-15)19(26)17-12-22-25(14(17)3)16-8-6-5-7-9-16/h5-9,12,15H,4,10-11H2,1-3H3. The van der Waals surface area contributed by atoms with Crippen LogP contribution < -0.4 is 4.90 Å². The second-order valence-electron chi connectivity index (χ2n) is 6.93. The molecule has 0 N–H and O–H groups in total. The van der Waals surface area contributed by atoms with Gasteiger partial charge in [-0.3, -0.25) is 9.69 Å². The molecule has 8 heteroatoms. The van der Waals surface area contributed by atoms with Crippen LogP contribution in [0.3, 0.4) is 0 Å². The van der Waals surface area contributed by atoms with E-state index in [-0.39, 0.29) is 11.9 Å². The number of esters is 1. The number of carbonyl (C=O) groups excluding carboxylic acids is 2. The number of hydrogen-bond donors (Lipinski definition) is 0. The third-order valence-electron chi connectivity index (χ3n) is 4.82. The molecule has 0 radical (unpaired) electrons. The maximum absolute atomic E-state index is 13.4. The van der Waals surface area contributed by atoms with E-state index in [1.54, 1.807) is 29.6 Å². The molecule has 1 saturated carbocycles. The number of aryl methyl sites for hydroxylation is 1. The molecule has 3 aromatic rings. The molecule has 0 atom stereocenters. The van der Waals surface area contributed by atoms with Gasteiger partial charge in [0.25, 0.3) is 5.91 Å². The van der Waals surface area contributed by atoms with Crippen LogP contribution in [0.15, 0.2) is 36.5 Å². The minimum absolute atomic E-state index is 0.0996. The second kappa shape index (κ2) is 7.79. The predicted molar refractivity (Wildman–Crippen MR) is 111 cm³/mol. The summed E-state index contributed by atoms with van der Waals surface area (Å²) < 4.78 is 6.87. The number of thiazole rings is 1. The van der Waals surface area contributed by atoms with Gasteiger partial charge in [0, 0.05) is 6.04 Å². The van der Waals surface area contributed by atoms with E-state index in [9.17, 15) is 9.59 Å². The average Bonchev–Trinajstić information content (AvgIpc) is 3.35. The lowest BCUT2D eigenvalue weighted by Crippen LogP contribution is -2.33. The summed E-state index contributed by atoms with van der Waals surface area (Å²) in [6, 6.07) is 9.80. The van der Waals surface area contributed by atoms with Crippen LogP contribution in [0.1, 0.15) is 51.2 Å². The molecule has 2 aromatic heterocycles. The van der Waals surface area contributed by atoms with E-state index in [1.807, 2.05) is 37.3 Å². The number of nitrogens with zero attached hydrogens (tertiary/aromatic N) is 4. The molecular formula is C21H22N4O3S. The number of hydrogen-bond acceptors (Lipinski definition) is 6. The molecule has 1 aliphatic rings. The fraction of sp³-hybridized carbons (Fsp3) is 0.333. The Morgan fingerprint density at radius 2 is 1.97 bits per heavy atom. The number of para-hydroxylation sites is 1. The van der Waals surface area contributed by atoms with Gasteiger partial charge in [0.1, 0.15) is 4.88 Å². The lowest BCUT2D eigenvalue weighted by molar-refractivity contribution is 0.0531. The number of ether oxygens (including phenoxy) is 1. The van der Waals surface area contributed by atoms with E-state index in [2.05, 4.69) is 10.1 Å². The highest BCUT2D eigenvalue weighted by Gasteiger charge is 2.38. The van der Waals surface area contributed by atoms with E-state index in [4.69, 9.17) is 4.74 Å². The first-order valence-corrected chi connectivity index (χ1v) is 10.4. The van der Waals surface area contributed by atoms with Gasteiger partial charge in [-0.2, -0.15) is 5.10 Å². The largest absolute Gasteiger partial charge is 0.462 e. The van der Waals surface area contributed by atoms with Gasteiger partial charge < -0.3 is 4.74 Å². The zero-order chi connectivity index (χ0) is 20.5. The molecular weight excluding hydrogens is 388 g/mol. The lowest BCUT2D eigenvalue weighted by atomic mass is 10.2. The van der Waals surface area contributed by atoms with E-state index in [0.29, 0.717) is 27.9 Å². The van der Waals surface area contributed by atoms with Gasteiger partial charge >= 0.3 is 5.97 Å². The highest BCUT2D eigenvalue weighted by molar-refractivity contribution is 7.17. The number of benzene rings is 1. The molecule has 0 aliphatic heterocycles. The maximum atomic E-state index is 13.4. The molecule has 1 aliphatic carbocycles. The first-order valence-electron chi connectivity index (χ1n) is 9.59. The van der Waals surface area contributed by atoms with Gasteiger partial charge in [0.2, 0.25) is 0 Å². The third-order valence-corrected chi connectivity index (χ3v) is 5.96. The molecule has 150 valence electrons. The normalized spacial score (nSPS) is 13.3. The SMILES string of the molecule is CCOC(=O)c1sc(N(C(=O)c2cnn(-c3ccccc3)c2C)C2CC2)nc1C. The Hall–Kier alpha value is -3.00.